The van der Waals surface area contributed by atoms with Crippen molar-refractivity contribution in [2.45, 2.75) is 18.6 Å². The molecule has 2 heterocycles. The van der Waals surface area contributed by atoms with Gasteiger partial charge in [-0.25, -0.2) is 0 Å². The van der Waals surface area contributed by atoms with Gasteiger partial charge in [-0.05, 0) is 13.0 Å². The summed E-state index contributed by atoms with van der Waals surface area (Å²) in [7, 11) is -11.4. The van der Waals surface area contributed by atoms with Gasteiger partial charge in [-0.3, -0.25) is 14.0 Å². The first-order chi connectivity index (χ1) is 9.57. The molecule has 10 nitrogen and oxygen atoms in total. The van der Waals surface area contributed by atoms with Crippen molar-refractivity contribution < 1.29 is 42.0 Å². The normalized spacial score (nSPS) is 29.5. The van der Waals surface area contributed by atoms with Crippen molar-refractivity contribution in [2.24, 2.45) is 0 Å². The first kappa shape index (κ1) is 17.7. The van der Waals surface area contributed by atoms with Gasteiger partial charge in [-0.2, -0.15) is 0 Å². The number of hydrogen-bond donors (Lipinski definition) is 4. The Hall–Kier alpha value is 0.357. The number of nitrogens with zero attached hydrogens (tertiary/aromatic N) is 1. The van der Waals surface area contributed by atoms with E-state index in [0.29, 0.717) is 25.7 Å². The maximum absolute atomic E-state index is 11.0. The minimum atomic E-state index is -4.39. The predicted octanol–water partition coefficient (Wildman–Crippen LogP) is -0.667. The Balaban J connectivity index is 1.83. The molecule has 2 aliphatic heterocycles. The van der Waals surface area contributed by atoms with E-state index >= 15 is 0 Å². The Bertz CT molecular complexity index is 433. The molecule has 0 atom stereocenters. The summed E-state index contributed by atoms with van der Waals surface area (Å²) in [6.07, 6.45) is -1.01. The molecule has 0 spiro atoms. The molecule has 13 heteroatoms. The lowest BCUT2D eigenvalue weighted by molar-refractivity contribution is 0.146. The third-order valence-corrected chi connectivity index (χ3v) is 7.46. The van der Waals surface area contributed by atoms with Gasteiger partial charge in [0.1, 0.15) is 12.6 Å². The molecule has 0 unspecified atom stereocenters. The zero-order valence-corrected chi connectivity index (χ0v) is 14.0. The summed E-state index contributed by atoms with van der Waals surface area (Å²) in [6, 6.07) is 0.461. The van der Waals surface area contributed by atoms with E-state index in [0.717, 1.165) is 4.90 Å². The fourth-order valence-electron chi connectivity index (χ4n) is 2.35. The fraction of sp³-hybridized carbons (Fsp3) is 1.00. The van der Waals surface area contributed by atoms with Gasteiger partial charge in [-0.15, -0.1) is 0 Å². The monoisotopic (exact) mass is 363 g/mol. The van der Waals surface area contributed by atoms with Crippen LogP contribution < -0.4 is 0 Å². The molecule has 0 aliphatic carbocycles. The lowest BCUT2D eigenvalue weighted by Gasteiger charge is -2.24. The lowest BCUT2D eigenvalue weighted by Crippen LogP contribution is -2.39. The van der Waals surface area contributed by atoms with Gasteiger partial charge < -0.3 is 32.9 Å². The van der Waals surface area contributed by atoms with Gasteiger partial charge in [0.15, 0.2) is 0 Å². The first-order valence-corrected chi connectivity index (χ1v) is 11.9. The Labute approximate surface area is 122 Å². The molecule has 2 bridgehead atoms. The quantitative estimate of drug-likeness (QED) is 0.323. The first-order valence-electron chi connectivity index (χ1n) is 6.34. The Morgan fingerprint density at radius 3 is 1.95 bits per heavy atom. The van der Waals surface area contributed by atoms with Gasteiger partial charge in [0.2, 0.25) is 0 Å². The molecule has 4 N–H and O–H groups in total. The second-order valence-electron chi connectivity index (χ2n) is 5.16. The van der Waals surface area contributed by atoms with Crippen molar-refractivity contribution in [1.29, 1.82) is 0 Å². The lowest BCUT2D eigenvalue weighted by atomic mass is 10.4. The maximum atomic E-state index is 11.0. The molecule has 2 rings (SSSR count). The van der Waals surface area contributed by atoms with Crippen molar-refractivity contribution in [3.63, 3.8) is 0 Å². The summed E-state index contributed by atoms with van der Waals surface area (Å²) < 4.78 is 38.6. The van der Waals surface area contributed by atoms with E-state index in [1.165, 1.54) is 0 Å². The number of hydrogen-bond acceptors (Lipinski definition) is 6. The van der Waals surface area contributed by atoms with E-state index in [4.69, 9.17) is 32.9 Å². The standard InChI is InChI=1S/C8H19NO9P2Si/c10-19(11,12)6-9(7-20(13,14)15)2-1-3-21-16-4-8(18-21)5-17-21/h8H,1-7H2,(H2,10,11,12)(H2,13,14,15). The van der Waals surface area contributed by atoms with E-state index in [9.17, 15) is 9.13 Å². The SMILES string of the molecule is O=P(O)(O)CN(CCC[Si]12OCC(CO1)O2)CP(=O)(O)O. The van der Waals surface area contributed by atoms with Crippen LogP contribution in [0.25, 0.3) is 0 Å². The van der Waals surface area contributed by atoms with Crippen LogP contribution in [0.5, 0.6) is 0 Å². The summed E-state index contributed by atoms with van der Waals surface area (Å²) in [4.78, 5) is 36.9. The zero-order chi connectivity index (χ0) is 15.7. The largest absolute Gasteiger partial charge is 0.501 e. The number of rotatable bonds is 8. The highest BCUT2D eigenvalue weighted by atomic mass is 31.2. The molecule has 124 valence electrons. The van der Waals surface area contributed by atoms with Crippen LogP contribution in [0.15, 0.2) is 0 Å². The van der Waals surface area contributed by atoms with Gasteiger partial charge in [0.05, 0.1) is 19.3 Å². The highest BCUT2D eigenvalue weighted by molar-refractivity contribution is 7.52. The van der Waals surface area contributed by atoms with Crippen LogP contribution in [-0.4, -0.2) is 71.7 Å². The second kappa shape index (κ2) is 6.46. The Kier molecular flexibility index (Phi) is 5.45. The Morgan fingerprint density at radius 1 is 1.05 bits per heavy atom. The molecule has 2 fully saturated rings. The van der Waals surface area contributed by atoms with Crippen LogP contribution >= 0.6 is 15.2 Å². The highest BCUT2D eigenvalue weighted by Gasteiger charge is 2.54. The summed E-state index contributed by atoms with van der Waals surface area (Å²) >= 11 is 0. The Morgan fingerprint density at radius 2 is 1.57 bits per heavy atom. The molecular weight excluding hydrogens is 344 g/mol. The molecule has 0 aromatic heterocycles. The average molecular weight is 363 g/mol. The van der Waals surface area contributed by atoms with Crippen LogP contribution in [0.2, 0.25) is 6.04 Å². The molecule has 21 heavy (non-hydrogen) atoms. The van der Waals surface area contributed by atoms with Crippen LogP contribution in [0, 0.1) is 0 Å². The van der Waals surface area contributed by atoms with Crippen molar-refractivity contribution in [2.75, 3.05) is 32.3 Å². The molecule has 0 radical (unpaired) electrons. The van der Waals surface area contributed by atoms with E-state index in [2.05, 4.69) is 0 Å². The highest BCUT2D eigenvalue weighted by Crippen LogP contribution is 2.41. The van der Waals surface area contributed by atoms with Gasteiger partial charge in [0, 0.05) is 6.04 Å². The van der Waals surface area contributed by atoms with Crippen molar-refractivity contribution >= 4 is 24.0 Å². The molecule has 0 saturated carbocycles. The molecule has 0 aromatic rings. The van der Waals surface area contributed by atoms with Crippen molar-refractivity contribution in [3.05, 3.63) is 0 Å². The van der Waals surface area contributed by atoms with Crippen LogP contribution in [0.1, 0.15) is 6.42 Å². The minimum absolute atomic E-state index is 0.0297. The van der Waals surface area contributed by atoms with E-state index < -0.39 is 36.6 Å². The fourth-order valence-corrected chi connectivity index (χ4v) is 6.77. The molecule has 0 amide bonds. The smallest absolute Gasteiger partial charge is 0.371 e. The number of fused-ring (bicyclic) bond motifs is 2. The van der Waals surface area contributed by atoms with Crippen LogP contribution in [-0.2, 0) is 22.4 Å². The van der Waals surface area contributed by atoms with Gasteiger partial charge in [-0.1, -0.05) is 0 Å². The second-order valence-corrected chi connectivity index (χ2v) is 11.1. The predicted molar refractivity (Wildman–Crippen MR) is 72.5 cm³/mol. The van der Waals surface area contributed by atoms with Crippen molar-refractivity contribution in [1.82, 2.24) is 4.90 Å². The topological polar surface area (TPSA) is 146 Å². The van der Waals surface area contributed by atoms with Gasteiger partial charge in [0.25, 0.3) is 0 Å². The molecule has 2 aliphatic rings. The molecule has 2 saturated heterocycles. The third-order valence-electron chi connectivity index (χ3n) is 3.05. The third kappa shape index (κ3) is 5.81. The van der Waals surface area contributed by atoms with E-state index in [-0.39, 0.29) is 12.6 Å². The van der Waals surface area contributed by atoms with Crippen molar-refractivity contribution in [3.8, 4) is 0 Å². The molecule has 0 aromatic carbocycles. The zero-order valence-electron chi connectivity index (χ0n) is 11.2. The van der Waals surface area contributed by atoms with E-state index in [1.807, 2.05) is 0 Å². The van der Waals surface area contributed by atoms with Crippen LogP contribution in [0.3, 0.4) is 0 Å². The molecular formula is C8H19NO9P2Si. The van der Waals surface area contributed by atoms with E-state index in [1.54, 1.807) is 0 Å². The summed E-state index contributed by atoms with van der Waals surface area (Å²) in [5.74, 6) is 0. The average Bonchev–Trinajstić information content (AvgIpc) is 2.84. The summed E-state index contributed by atoms with van der Waals surface area (Å²) in [5.41, 5.74) is 0. The maximum Gasteiger partial charge on any atom is 0.501 e. The summed E-state index contributed by atoms with van der Waals surface area (Å²) in [5, 5.41) is 0. The summed E-state index contributed by atoms with van der Waals surface area (Å²) in [6.45, 7) is 1.12. The van der Waals surface area contributed by atoms with Gasteiger partial charge >= 0.3 is 24.0 Å². The van der Waals surface area contributed by atoms with Crippen LogP contribution in [0.4, 0.5) is 0 Å². The minimum Gasteiger partial charge on any atom is -0.371 e.